The van der Waals surface area contributed by atoms with E-state index >= 15 is 0 Å². The Morgan fingerprint density at radius 3 is 1.72 bits per heavy atom. The molecule has 1 saturated carbocycles. The number of alkyl halides is 2. The van der Waals surface area contributed by atoms with Gasteiger partial charge in [0.15, 0.2) is 5.41 Å². The van der Waals surface area contributed by atoms with Crippen LogP contribution in [0.4, 0.5) is 0 Å². The normalized spacial score (nSPS) is 34.8. The summed E-state index contributed by atoms with van der Waals surface area (Å²) in [5.74, 6) is -2.17. The van der Waals surface area contributed by atoms with Gasteiger partial charge in [0.25, 0.3) is 0 Å². The molecule has 0 spiro atoms. The van der Waals surface area contributed by atoms with Crippen LogP contribution in [0.1, 0.15) is 25.7 Å². The maximum atomic E-state index is 11.3. The molecule has 1 fully saturated rings. The second-order valence-electron chi connectivity index (χ2n) is 5.55. The van der Waals surface area contributed by atoms with E-state index in [-0.39, 0.29) is 24.7 Å². The molecule has 98 valence electrons. The minimum absolute atomic E-state index is 0.0973. The van der Waals surface area contributed by atoms with Crippen molar-refractivity contribution in [1.82, 2.24) is 0 Å². The molecule has 0 amide bonds. The average Bonchev–Trinajstić information content (AvgIpc) is 2.69. The molecule has 3 aliphatic rings. The van der Waals surface area contributed by atoms with Crippen LogP contribution in [0.3, 0.4) is 0 Å². The number of hydrogen-bond acceptors (Lipinski definition) is 2. The Bertz CT molecular complexity index is 452. The van der Waals surface area contributed by atoms with Crippen molar-refractivity contribution >= 4 is 35.1 Å². The van der Waals surface area contributed by atoms with E-state index in [1.165, 1.54) is 0 Å². The number of hydrogen-bond donors (Lipinski definition) is 2. The van der Waals surface area contributed by atoms with Gasteiger partial charge in [-0.25, -0.2) is 0 Å². The number of rotatable bonds is 2. The van der Waals surface area contributed by atoms with Crippen LogP contribution in [-0.2, 0) is 9.59 Å². The second-order valence-corrected chi connectivity index (χ2v) is 6.99. The number of allylic oxidation sites excluding steroid dienone is 2. The molecule has 3 rings (SSSR count). The van der Waals surface area contributed by atoms with Crippen LogP contribution in [0.15, 0.2) is 11.1 Å². The van der Waals surface area contributed by atoms with Gasteiger partial charge in [-0.3, -0.25) is 9.59 Å². The molecule has 0 radical (unpaired) electrons. The minimum Gasteiger partial charge on any atom is -0.480 e. The topological polar surface area (TPSA) is 74.6 Å². The number of carboxylic acid groups (broad SMARTS) is 2. The standard InChI is InChI=1S/C12H12Cl2O4/c13-12(14)7-1-5-3-11(9(15)16,10(17)18)4-6(5)2-8(7)12/h7-8H,1-4H2,(H,15,16)(H,17,18). The van der Waals surface area contributed by atoms with Crippen molar-refractivity contribution in [2.24, 2.45) is 17.3 Å². The predicted molar refractivity (Wildman–Crippen MR) is 64.6 cm³/mol. The molecule has 0 aromatic carbocycles. The molecule has 4 nitrogen and oxygen atoms in total. The van der Waals surface area contributed by atoms with Crippen LogP contribution < -0.4 is 0 Å². The molecule has 0 heterocycles. The van der Waals surface area contributed by atoms with Crippen molar-refractivity contribution in [3.05, 3.63) is 11.1 Å². The van der Waals surface area contributed by atoms with Gasteiger partial charge >= 0.3 is 11.9 Å². The Kier molecular flexibility index (Phi) is 2.34. The highest BCUT2D eigenvalue weighted by Crippen LogP contribution is 2.68. The lowest BCUT2D eigenvalue weighted by Gasteiger charge is -2.19. The molecule has 0 aromatic heterocycles. The van der Waals surface area contributed by atoms with Crippen LogP contribution in [-0.4, -0.2) is 26.5 Å². The summed E-state index contributed by atoms with van der Waals surface area (Å²) >= 11 is 12.3. The zero-order valence-electron chi connectivity index (χ0n) is 9.45. The fourth-order valence-electron chi connectivity index (χ4n) is 3.42. The first-order valence-electron chi connectivity index (χ1n) is 5.83. The monoisotopic (exact) mass is 290 g/mol. The van der Waals surface area contributed by atoms with Crippen molar-refractivity contribution in [3.63, 3.8) is 0 Å². The number of carbonyl (C=O) groups is 2. The van der Waals surface area contributed by atoms with Gasteiger partial charge in [0, 0.05) is 11.8 Å². The molecular formula is C12H12Cl2O4. The Balaban J connectivity index is 1.85. The smallest absolute Gasteiger partial charge is 0.321 e. The van der Waals surface area contributed by atoms with Gasteiger partial charge in [-0.1, -0.05) is 11.1 Å². The van der Waals surface area contributed by atoms with Crippen LogP contribution in [0.25, 0.3) is 0 Å². The Morgan fingerprint density at radius 1 is 1.00 bits per heavy atom. The Morgan fingerprint density at radius 2 is 1.39 bits per heavy atom. The van der Waals surface area contributed by atoms with Crippen LogP contribution in [0.5, 0.6) is 0 Å². The fourth-order valence-corrected chi connectivity index (χ4v) is 4.21. The second kappa shape index (κ2) is 3.42. The molecule has 2 unspecified atom stereocenters. The highest BCUT2D eigenvalue weighted by Gasteiger charge is 2.66. The molecule has 6 heteroatoms. The lowest BCUT2D eigenvalue weighted by Crippen LogP contribution is -2.37. The molecule has 0 aliphatic heterocycles. The highest BCUT2D eigenvalue weighted by molar-refractivity contribution is 6.51. The largest absolute Gasteiger partial charge is 0.480 e. The van der Waals surface area contributed by atoms with Crippen molar-refractivity contribution in [3.8, 4) is 0 Å². The number of halogens is 2. The summed E-state index contributed by atoms with van der Waals surface area (Å²) in [6, 6.07) is 0. The van der Waals surface area contributed by atoms with Crippen LogP contribution in [0.2, 0.25) is 0 Å². The third kappa shape index (κ3) is 1.39. The summed E-state index contributed by atoms with van der Waals surface area (Å²) in [7, 11) is 0. The van der Waals surface area contributed by atoms with E-state index in [0.717, 1.165) is 11.1 Å². The quantitative estimate of drug-likeness (QED) is 0.465. The van der Waals surface area contributed by atoms with Gasteiger partial charge in [-0.15, -0.1) is 23.2 Å². The zero-order valence-corrected chi connectivity index (χ0v) is 11.0. The van der Waals surface area contributed by atoms with E-state index in [1.54, 1.807) is 0 Å². The molecule has 3 aliphatic carbocycles. The number of fused-ring (bicyclic) bond motifs is 1. The summed E-state index contributed by atoms with van der Waals surface area (Å²) in [6.07, 6.45) is 1.49. The first-order chi connectivity index (χ1) is 8.29. The zero-order chi connectivity index (χ0) is 13.3. The van der Waals surface area contributed by atoms with Gasteiger partial charge in [0.05, 0.1) is 0 Å². The first kappa shape index (κ1) is 12.3. The van der Waals surface area contributed by atoms with Crippen molar-refractivity contribution < 1.29 is 19.8 Å². The van der Waals surface area contributed by atoms with Crippen molar-refractivity contribution in [1.29, 1.82) is 0 Å². The minimum atomic E-state index is -1.66. The van der Waals surface area contributed by atoms with Gasteiger partial charge < -0.3 is 10.2 Å². The summed E-state index contributed by atoms with van der Waals surface area (Å²) in [4.78, 5) is 22.5. The van der Waals surface area contributed by atoms with Gasteiger partial charge in [-0.05, 0) is 25.7 Å². The lowest BCUT2D eigenvalue weighted by molar-refractivity contribution is -0.163. The van der Waals surface area contributed by atoms with E-state index in [2.05, 4.69) is 0 Å². The number of carboxylic acids is 2. The SMILES string of the molecule is O=C(O)C1(C(=O)O)CC2=C(CC3C(C2)C3(Cl)Cl)C1. The van der Waals surface area contributed by atoms with E-state index < -0.39 is 21.7 Å². The lowest BCUT2D eigenvalue weighted by atomic mass is 9.83. The highest BCUT2D eigenvalue weighted by atomic mass is 35.5. The molecule has 2 atom stereocenters. The molecule has 0 saturated heterocycles. The summed E-state index contributed by atoms with van der Waals surface area (Å²) < 4.78 is -0.695. The Labute approximate surface area is 114 Å². The van der Waals surface area contributed by atoms with E-state index in [0.29, 0.717) is 12.8 Å². The average molecular weight is 291 g/mol. The third-order valence-electron chi connectivity index (χ3n) is 4.65. The predicted octanol–water partition coefficient (Wildman–Crippen LogP) is 2.45. The maximum absolute atomic E-state index is 11.3. The van der Waals surface area contributed by atoms with Gasteiger partial charge in [0.2, 0.25) is 0 Å². The van der Waals surface area contributed by atoms with Crippen molar-refractivity contribution in [2.75, 3.05) is 0 Å². The van der Waals surface area contributed by atoms with E-state index in [4.69, 9.17) is 23.2 Å². The molecule has 0 aromatic rings. The van der Waals surface area contributed by atoms with E-state index in [1.807, 2.05) is 0 Å². The maximum Gasteiger partial charge on any atom is 0.321 e. The molecule has 2 N–H and O–H groups in total. The van der Waals surface area contributed by atoms with E-state index in [9.17, 15) is 19.8 Å². The van der Waals surface area contributed by atoms with Crippen LogP contribution in [0, 0.1) is 17.3 Å². The van der Waals surface area contributed by atoms with Gasteiger partial charge in [-0.2, -0.15) is 0 Å². The third-order valence-corrected chi connectivity index (χ3v) is 5.77. The number of aliphatic carboxylic acids is 2. The summed E-state index contributed by atoms with van der Waals surface area (Å²) in [5, 5.41) is 18.4. The molecular weight excluding hydrogens is 279 g/mol. The Hall–Kier alpha value is -0.740. The van der Waals surface area contributed by atoms with Crippen molar-refractivity contribution in [2.45, 2.75) is 30.0 Å². The molecule has 18 heavy (non-hydrogen) atoms. The van der Waals surface area contributed by atoms with Gasteiger partial charge in [0.1, 0.15) is 4.33 Å². The molecule has 0 bridgehead atoms. The van der Waals surface area contributed by atoms with Crippen LogP contribution >= 0.6 is 23.2 Å². The fraction of sp³-hybridized carbons (Fsp3) is 0.667. The first-order valence-corrected chi connectivity index (χ1v) is 6.59. The summed E-state index contributed by atoms with van der Waals surface area (Å²) in [5.41, 5.74) is 0.233. The summed E-state index contributed by atoms with van der Waals surface area (Å²) in [6.45, 7) is 0.